The molecule has 0 saturated carbocycles. The predicted octanol–water partition coefficient (Wildman–Crippen LogP) is 4.67. The minimum absolute atomic E-state index is 0.185. The fourth-order valence-electron chi connectivity index (χ4n) is 2.96. The first kappa shape index (κ1) is 15.1. The van der Waals surface area contributed by atoms with E-state index in [4.69, 9.17) is 5.73 Å². The number of hydrogen-bond donors (Lipinski definition) is 1. The molecule has 0 amide bonds. The van der Waals surface area contributed by atoms with Crippen molar-refractivity contribution in [1.82, 2.24) is 0 Å². The van der Waals surface area contributed by atoms with Gasteiger partial charge in [0.05, 0.1) is 0 Å². The van der Waals surface area contributed by atoms with Crippen molar-refractivity contribution in [3.63, 3.8) is 0 Å². The third-order valence-electron chi connectivity index (χ3n) is 3.84. The summed E-state index contributed by atoms with van der Waals surface area (Å²) < 4.78 is 0. The molecule has 1 aliphatic carbocycles. The number of hydrogen-bond acceptors (Lipinski definition) is 1. The van der Waals surface area contributed by atoms with Crippen LogP contribution in [0.15, 0.2) is 36.1 Å². The first-order valence-corrected chi connectivity index (χ1v) is 6.93. The zero-order chi connectivity index (χ0) is 14.0. The number of nitrogens with two attached hydrogens (primary N) is 1. The van der Waals surface area contributed by atoms with E-state index < -0.39 is 0 Å². The van der Waals surface area contributed by atoms with Crippen molar-refractivity contribution in [3.05, 3.63) is 36.1 Å². The summed E-state index contributed by atoms with van der Waals surface area (Å²) in [6.07, 6.45) is 11.7. The van der Waals surface area contributed by atoms with Gasteiger partial charge in [0, 0.05) is 11.6 Å². The molecule has 1 nitrogen and oxygen atoms in total. The maximum atomic E-state index is 6.37. The van der Waals surface area contributed by atoms with Crippen LogP contribution in [-0.2, 0) is 0 Å². The van der Waals surface area contributed by atoms with Crippen LogP contribution < -0.4 is 5.73 Å². The quantitative estimate of drug-likeness (QED) is 0.661. The second kappa shape index (κ2) is 5.34. The Morgan fingerprint density at radius 3 is 2.06 bits per heavy atom. The van der Waals surface area contributed by atoms with E-state index in [0.717, 1.165) is 12.1 Å². The van der Waals surface area contributed by atoms with Crippen LogP contribution in [0.25, 0.3) is 0 Å². The highest BCUT2D eigenvalue weighted by Gasteiger charge is 2.39. The molecule has 2 atom stereocenters. The van der Waals surface area contributed by atoms with Gasteiger partial charge in [-0.1, -0.05) is 65.8 Å². The van der Waals surface area contributed by atoms with E-state index in [1.54, 1.807) is 0 Å². The highest BCUT2D eigenvalue weighted by atomic mass is 14.6. The van der Waals surface area contributed by atoms with Gasteiger partial charge in [-0.3, -0.25) is 0 Å². The van der Waals surface area contributed by atoms with Crippen LogP contribution in [0.5, 0.6) is 0 Å². The van der Waals surface area contributed by atoms with Crippen LogP contribution in [0.4, 0.5) is 0 Å². The van der Waals surface area contributed by atoms with E-state index in [9.17, 15) is 0 Å². The van der Waals surface area contributed by atoms with Gasteiger partial charge >= 0.3 is 0 Å². The summed E-state index contributed by atoms with van der Waals surface area (Å²) >= 11 is 0. The van der Waals surface area contributed by atoms with Gasteiger partial charge in [0.2, 0.25) is 0 Å². The maximum absolute atomic E-state index is 6.37. The lowest BCUT2D eigenvalue weighted by Crippen LogP contribution is -2.39. The largest absolute Gasteiger partial charge is 0.402 e. The molecule has 0 aromatic heterocycles. The van der Waals surface area contributed by atoms with Crippen LogP contribution >= 0.6 is 0 Å². The molecular weight excluding hydrogens is 218 g/mol. The minimum Gasteiger partial charge on any atom is -0.402 e. The molecule has 0 saturated heterocycles. The van der Waals surface area contributed by atoms with Crippen molar-refractivity contribution in [1.29, 1.82) is 0 Å². The Morgan fingerprint density at radius 1 is 0.944 bits per heavy atom. The predicted molar refractivity (Wildman–Crippen MR) is 81.1 cm³/mol. The average molecular weight is 247 g/mol. The van der Waals surface area contributed by atoms with Crippen molar-refractivity contribution in [2.75, 3.05) is 0 Å². The summed E-state index contributed by atoms with van der Waals surface area (Å²) in [5.74, 6) is 0.967. The lowest BCUT2D eigenvalue weighted by Gasteiger charge is -2.43. The van der Waals surface area contributed by atoms with Crippen LogP contribution in [0, 0.1) is 22.7 Å². The Hall–Kier alpha value is -0.980. The van der Waals surface area contributed by atoms with Crippen molar-refractivity contribution in [2.45, 2.75) is 48.0 Å². The molecule has 0 aromatic rings. The normalized spacial score (nSPS) is 32.7. The molecule has 1 rings (SSSR count). The molecule has 0 spiro atoms. The Bertz CT molecular complexity index is 358. The zero-order valence-electron chi connectivity index (χ0n) is 12.8. The Kier molecular flexibility index (Phi) is 4.47. The van der Waals surface area contributed by atoms with Crippen molar-refractivity contribution >= 4 is 0 Å². The summed E-state index contributed by atoms with van der Waals surface area (Å²) in [6.45, 7) is 13.8. The maximum Gasteiger partial charge on any atom is 0.0120 e. The molecule has 0 aromatic carbocycles. The van der Waals surface area contributed by atoms with E-state index in [0.29, 0.717) is 11.8 Å². The van der Waals surface area contributed by atoms with Gasteiger partial charge in [-0.25, -0.2) is 0 Å². The second-order valence-electron chi connectivity index (χ2n) is 7.53. The minimum atomic E-state index is 0.185. The number of rotatable bonds is 0. The van der Waals surface area contributed by atoms with Crippen molar-refractivity contribution in [2.24, 2.45) is 28.4 Å². The van der Waals surface area contributed by atoms with Gasteiger partial charge in [-0.2, -0.15) is 0 Å². The summed E-state index contributed by atoms with van der Waals surface area (Å²) in [5, 5.41) is 0. The summed E-state index contributed by atoms with van der Waals surface area (Å²) in [7, 11) is 0. The molecular formula is C17H29N. The highest BCUT2D eigenvalue weighted by molar-refractivity contribution is 5.21. The van der Waals surface area contributed by atoms with Crippen LogP contribution in [0.2, 0.25) is 0 Å². The summed E-state index contributed by atoms with van der Waals surface area (Å²) in [6, 6.07) is 0. The van der Waals surface area contributed by atoms with E-state index in [-0.39, 0.29) is 10.8 Å². The van der Waals surface area contributed by atoms with Gasteiger partial charge in [0.15, 0.2) is 0 Å². The second-order valence-corrected chi connectivity index (χ2v) is 7.53. The van der Waals surface area contributed by atoms with Crippen molar-refractivity contribution < 1.29 is 0 Å². The van der Waals surface area contributed by atoms with Gasteiger partial charge in [-0.05, 0) is 29.2 Å². The van der Waals surface area contributed by atoms with Crippen molar-refractivity contribution in [3.8, 4) is 0 Å². The van der Waals surface area contributed by atoms with E-state index >= 15 is 0 Å². The van der Waals surface area contributed by atoms with Gasteiger partial charge in [-0.15, -0.1) is 0 Å². The molecule has 2 unspecified atom stereocenters. The summed E-state index contributed by atoms with van der Waals surface area (Å²) in [5.41, 5.74) is 7.83. The molecule has 2 N–H and O–H groups in total. The van der Waals surface area contributed by atoms with E-state index in [2.05, 4.69) is 71.9 Å². The third kappa shape index (κ3) is 3.76. The molecule has 1 aliphatic rings. The Morgan fingerprint density at radius 2 is 1.56 bits per heavy atom. The molecule has 102 valence electrons. The van der Waals surface area contributed by atoms with Crippen LogP contribution in [0.1, 0.15) is 48.0 Å². The lowest BCUT2D eigenvalue weighted by atomic mass is 9.62. The fourth-order valence-corrected chi connectivity index (χ4v) is 2.96. The average Bonchev–Trinajstić information content (AvgIpc) is 2.25. The van der Waals surface area contributed by atoms with Gasteiger partial charge < -0.3 is 5.73 Å². The van der Waals surface area contributed by atoms with Gasteiger partial charge in [0.25, 0.3) is 0 Å². The Labute approximate surface area is 113 Å². The zero-order valence-corrected chi connectivity index (χ0v) is 12.8. The lowest BCUT2D eigenvalue weighted by molar-refractivity contribution is 0.0980. The monoisotopic (exact) mass is 247 g/mol. The SMILES string of the molecule is CC(C)(C)C1C\C=C/C=C\C=C(\N)C1C(C)(C)C. The third-order valence-corrected chi connectivity index (χ3v) is 3.84. The summed E-state index contributed by atoms with van der Waals surface area (Å²) in [4.78, 5) is 0. The topological polar surface area (TPSA) is 26.0 Å². The van der Waals surface area contributed by atoms with E-state index in [1.807, 2.05) is 0 Å². The smallest absolute Gasteiger partial charge is 0.0120 e. The molecule has 0 aliphatic heterocycles. The molecule has 1 heteroatoms. The highest BCUT2D eigenvalue weighted by Crippen LogP contribution is 2.46. The fraction of sp³-hybridized carbons (Fsp3) is 0.647. The molecule has 18 heavy (non-hydrogen) atoms. The first-order valence-electron chi connectivity index (χ1n) is 6.93. The first-order chi connectivity index (χ1) is 8.14. The Balaban J connectivity index is 3.25. The molecule has 0 bridgehead atoms. The molecule has 0 radical (unpaired) electrons. The van der Waals surface area contributed by atoms with Crippen LogP contribution in [-0.4, -0.2) is 0 Å². The van der Waals surface area contributed by atoms with Gasteiger partial charge in [0.1, 0.15) is 0 Å². The van der Waals surface area contributed by atoms with E-state index in [1.165, 1.54) is 0 Å². The number of allylic oxidation sites excluding steroid dienone is 6. The molecule has 0 fully saturated rings. The van der Waals surface area contributed by atoms with Crippen LogP contribution in [0.3, 0.4) is 0 Å². The molecule has 0 heterocycles. The standard InChI is InChI=1S/C17H29N/c1-16(2,3)13-11-9-7-8-10-12-14(18)15(13)17(4,5)6/h7-10,12-13,15H,11,18H2,1-6H3/b9-7-,10-8-,14-12+.